The smallest absolute Gasteiger partial charge is 0.335 e. The molecule has 0 aliphatic carbocycles. The molecule has 0 unspecified atom stereocenters. The third-order valence-electron chi connectivity index (χ3n) is 3.28. The maximum atomic E-state index is 10.9. The standard InChI is InChI=1S/C10H9N.C7H6O6S/c1-8-6-7-9-4-2-3-5-10(9)11-8;8-6-2-1-4(14(11,12)13)3-5(6)7(9)10/h2-7H,1H3;1-3,8H,(H,9,10)(H,11,12,13). The number of carboxylic acid groups (broad SMARTS) is 1. The first kappa shape index (κ1) is 18.4. The minimum atomic E-state index is -4.48. The lowest BCUT2D eigenvalue weighted by atomic mass is 10.2. The number of rotatable bonds is 2. The summed E-state index contributed by atoms with van der Waals surface area (Å²) in [6.07, 6.45) is 0. The minimum absolute atomic E-state index is 0.611. The number of aromatic nitrogens is 1. The summed E-state index contributed by atoms with van der Waals surface area (Å²) < 4.78 is 29.7. The number of pyridine rings is 1. The van der Waals surface area contributed by atoms with Gasteiger partial charge >= 0.3 is 5.97 Å². The van der Waals surface area contributed by atoms with E-state index in [4.69, 9.17) is 9.66 Å². The van der Waals surface area contributed by atoms with Crippen LogP contribution in [-0.4, -0.2) is 24.0 Å². The predicted octanol–water partition coefficient (Wildman–Crippen LogP) is 1.67. The van der Waals surface area contributed by atoms with Crippen LogP contribution in [-0.2, 0) is 10.1 Å². The van der Waals surface area contributed by atoms with Gasteiger partial charge in [0.2, 0.25) is 5.52 Å². The zero-order valence-electron chi connectivity index (χ0n) is 13.1. The van der Waals surface area contributed by atoms with Crippen molar-refractivity contribution in [2.45, 2.75) is 11.8 Å². The van der Waals surface area contributed by atoms with Gasteiger partial charge in [-0.25, -0.2) is 9.78 Å². The molecule has 1 aromatic heterocycles. The number of aromatic amines is 1. The summed E-state index contributed by atoms with van der Waals surface area (Å²) in [7, 11) is -4.48. The van der Waals surface area contributed by atoms with Gasteiger partial charge in [-0.3, -0.25) is 4.55 Å². The maximum absolute atomic E-state index is 10.9. The Morgan fingerprint density at radius 3 is 2.40 bits per heavy atom. The Hall–Kier alpha value is -2.97. The highest BCUT2D eigenvalue weighted by molar-refractivity contribution is 7.85. The number of H-pyrrole nitrogens is 1. The molecule has 0 spiro atoms. The fourth-order valence-corrected chi connectivity index (χ4v) is 2.57. The van der Waals surface area contributed by atoms with Gasteiger partial charge in [-0.05, 0) is 24.3 Å². The fourth-order valence-electron chi connectivity index (χ4n) is 2.06. The molecular weight excluding hydrogens is 346 g/mol. The van der Waals surface area contributed by atoms with Gasteiger partial charge in [0.15, 0.2) is 5.69 Å². The number of hydrogen-bond donors (Lipinski definition) is 2. The van der Waals surface area contributed by atoms with Crippen LogP contribution in [0, 0.1) is 6.92 Å². The fraction of sp³-hybridized carbons (Fsp3) is 0.0588. The number of hydrogen-bond acceptors (Lipinski definition) is 4. The Bertz CT molecular complexity index is 1030. The quantitative estimate of drug-likeness (QED) is 0.668. The van der Waals surface area contributed by atoms with Crippen molar-refractivity contribution in [3.63, 3.8) is 0 Å². The first-order chi connectivity index (χ1) is 11.7. The number of aromatic carboxylic acids is 1. The van der Waals surface area contributed by atoms with E-state index >= 15 is 0 Å². The molecule has 3 N–H and O–H groups in total. The second kappa shape index (κ2) is 7.29. The lowest BCUT2D eigenvalue weighted by Gasteiger charge is -2.09. The van der Waals surface area contributed by atoms with Gasteiger partial charge in [0.25, 0.3) is 10.1 Å². The third kappa shape index (κ3) is 4.75. The van der Waals surface area contributed by atoms with Crippen molar-refractivity contribution in [2.24, 2.45) is 0 Å². The first-order valence-corrected chi connectivity index (χ1v) is 8.52. The number of fused-ring (bicyclic) bond motifs is 1. The van der Waals surface area contributed by atoms with Gasteiger partial charge in [-0.15, -0.1) is 0 Å². The van der Waals surface area contributed by atoms with Crippen molar-refractivity contribution in [1.82, 2.24) is 0 Å². The zero-order chi connectivity index (χ0) is 18.6. The third-order valence-corrected chi connectivity index (χ3v) is 4.13. The lowest BCUT2D eigenvalue weighted by molar-refractivity contribution is -0.354. The van der Waals surface area contributed by atoms with Crippen molar-refractivity contribution in [2.75, 3.05) is 0 Å². The summed E-state index contributed by atoms with van der Waals surface area (Å²) in [5.41, 5.74) is 1.70. The van der Waals surface area contributed by atoms with Crippen LogP contribution in [0.4, 0.5) is 0 Å². The van der Waals surface area contributed by atoms with Crippen LogP contribution in [0.3, 0.4) is 0 Å². The number of aryl methyl sites for hydroxylation is 1. The van der Waals surface area contributed by atoms with E-state index < -0.39 is 32.3 Å². The highest BCUT2D eigenvalue weighted by Gasteiger charge is 2.13. The Morgan fingerprint density at radius 2 is 1.76 bits per heavy atom. The van der Waals surface area contributed by atoms with Crippen LogP contribution >= 0.6 is 0 Å². The number of para-hydroxylation sites is 1. The molecule has 8 heteroatoms. The van der Waals surface area contributed by atoms with Crippen molar-refractivity contribution >= 4 is 27.0 Å². The largest absolute Gasteiger partial charge is 0.872 e. The molecule has 0 atom stereocenters. The van der Waals surface area contributed by atoms with Crippen LogP contribution in [0.2, 0.25) is 0 Å². The van der Waals surface area contributed by atoms with Crippen LogP contribution in [0.15, 0.2) is 59.5 Å². The van der Waals surface area contributed by atoms with Crippen molar-refractivity contribution in [1.29, 1.82) is 0 Å². The first-order valence-electron chi connectivity index (χ1n) is 7.08. The average Bonchev–Trinajstić information content (AvgIpc) is 2.54. The van der Waals surface area contributed by atoms with E-state index in [0.717, 1.165) is 12.1 Å². The Morgan fingerprint density at radius 1 is 1.08 bits per heavy atom. The highest BCUT2D eigenvalue weighted by atomic mass is 32.2. The molecule has 7 nitrogen and oxygen atoms in total. The topological polar surface area (TPSA) is 129 Å². The molecule has 0 radical (unpaired) electrons. The molecule has 25 heavy (non-hydrogen) atoms. The van der Waals surface area contributed by atoms with Crippen molar-refractivity contribution in [3.05, 3.63) is 65.9 Å². The molecular formula is C17H15NO6S. The summed E-state index contributed by atoms with van der Waals surface area (Å²) in [5.74, 6) is -2.36. The molecule has 0 saturated carbocycles. The molecule has 0 aliphatic rings. The molecule has 1 heterocycles. The normalized spacial score (nSPS) is 10.8. The van der Waals surface area contributed by atoms with Gasteiger partial charge in [-0.2, -0.15) is 8.42 Å². The molecule has 130 valence electrons. The predicted molar refractivity (Wildman–Crippen MR) is 87.9 cm³/mol. The summed E-state index contributed by atoms with van der Waals surface area (Å²) in [4.78, 5) is 13.1. The molecule has 3 rings (SSSR count). The Balaban J connectivity index is 0.000000185. The monoisotopic (exact) mass is 361 g/mol. The van der Waals surface area contributed by atoms with E-state index in [0.29, 0.717) is 6.07 Å². The highest BCUT2D eigenvalue weighted by Crippen LogP contribution is 2.18. The number of carbonyl (C=O) groups is 1. The van der Waals surface area contributed by atoms with Crippen LogP contribution in [0.25, 0.3) is 10.9 Å². The zero-order valence-corrected chi connectivity index (χ0v) is 13.9. The summed E-state index contributed by atoms with van der Waals surface area (Å²) in [6, 6.07) is 14.7. The van der Waals surface area contributed by atoms with Gasteiger partial charge in [0.1, 0.15) is 0 Å². The van der Waals surface area contributed by atoms with Crippen molar-refractivity contribution < 1.29 is 33.0 Å². The van der Waals surface area contributed by atoms with E-state index in [9.17, 15) is 18.3 Å². The van der Waals surface area contributed by atoms with Crippen molar-refractivity contribution in [3.8, 4) is 5.75 Å². The molecule has 0 amide bonds. The molecule has 2 aromatic carbocycles. The van der Waals surface area contributed by atoms with Crippen LogP contribution < -0.4 is 10.1 Å². The maximum Gasteiger partial charge on any atom is 0.335 e. The van der Waals surface area contributed by atoms with Gasteiger partial charge < -0.3 is 10.2 Å². The van der Waals surface area contributed by atoms with Crippen LogP contribution in [0.5, 0.6) is 5.75 Å². The molecule has 0 fully saturated rings. The SMILES string of the molecule is Cc1ccc2ccccc2[nH+]1.O=C(O)c1cc(S(=O)(=O)O)ccc1[O-]. The summed E-state index contributed by atoms with van der Waals surface area (Å²) >= 11 is 0. The minimum Gasteiger partial charge on any atom is -0.872 e. The Labute approximate surface area is 144 Å². The molecule has 0 saturated heterocycles. The van der Waals surface area contributed by atoms with E-state index in [2.05, 4.69) is 36.2 Å². The number of benzene rings is 2. The summed E-state index contributed by atoms with van der Waals surface area (Å²) in [6.45, 7) is 2.06. The van der Waals surface area contributed by atoms with Gasteiger partial charge in [-0.1, -0.05) is 23.9 Å². The van der Waals surface area contributed by atoms with E-state index in [1.165, 1.54) is 16.6 Å². The second-order valence-corrected chi connectivity index (χ2v) is 6.59. The number of carboxylic acids is 1. The van der Waals surface area contributed by atoms with Gasteiger partial charge in [0, 0.05) is 24.4 Å². The van der Waals surface area contributed by atoms with Gasteiger partial charge in [0.05, 0.1) is 10.5 Å². The summed E-state index contributed by atoms with van der Waals surface area (Å²) in [5, 5.41) is 20.6. The Kier molecular flexibility index (Phi) is 5.35. The molecule has 0 bridgehead atoms. The van der Waals surface area contributed by atoms with E-state index in [-0.39, 0.29) is 0 Å². The number of nitrogens with one attached hydrogen (secondary N) is 1. The molecule has 0 aliphatic heterocycles. The molecule has 3 aromatic rings. The van der Waals surface area contributed by atoms with Crippen LogP contribution in [0.1, 0.15) is 16.1 Å². The average molecular weight is 361 g/mol. The lowest BCUT2D eigenvalue weighted by Crippen LogP contribution is -2.06. The second-order valence-electron chi connectivity index (χ2n) is 5.17. The van der Waals surface area contributed by atoms with E-state index in [1.54, 1.807) is 0 Å². The van der Waals surface area contributed by atoms with E-state index in [1.807, 2.05) is 12.1 Å².